The third-order valence-electron chi connectivity index (χ3n) is 9.87. The SMILES string of the molecule is CCCN(C)[C@@H]1C(=O)C(C(N)=O)=C(O)[C@@]2(O)C(=O)C3=C(O)c4c(cc5c(c4O)NCC4CCN(C)C54)C[C@H]3C[C@@H]12. The van der Waals surface area contributed by atoms with Crippen LogP contribution in [0, 0.1) is 17.8 Å². The van der Waals surface area contributed by atoms with Gasteiger partial charge in [0.1, 0.15) is 22.8 Å². The number of Topliss-reactive ketones (excluding diaryl/α,β-unsaturated/α-hetero) is 2. The monoisotopic (exact) mass is 552 g/mol. The predicted octanol–water partition coefficient (Wildman–Crippen LogP) is 1.16. The zero-order valence-electron chi connectivity index (χ0n) is 22.9. The highest BCUT2D eigenvalue weighted by Gasteiger charge is 2.64. The standard InChI is InChI=1S/C29H36N4O7/c1-4-6-32(2)22-16-10-14-8-13-9-15-20(31-11-12-5-7-33(3)21(12)15)24(35)17(13)23(34)18(14)26(37)29(16,40)27(38)19(25(22)36)28(30)39/h9,12,14,16,21-22,31,34-35,38,40H,4-8,10-11H2,1-3H3,(H2,30,39)/t12?,14-,16-,21?,22-,29-/m0/s1. The van der Waals surface area contributed by atoms with E-state index in [4.69, 9.17) is 5.73 Å². The highest BCUT2D eigenvalue weighted by molar-refractivity contribution is 6.24. The third-order valence-corrected chi connectivity index (χ3v) is 9.87. The van der Waals surface area contributed by atoms with E-state index < -0.39 is 58.0 Å². The number of amides is 1. The molecule has 2 fully saturated rings. The largest absolute Gasteiger partial charge is 0.508 e. The Balaban J connectivity index is 1.52. The van der Waals surface area contributed by atoms with E-state index in [-0.39, 0.29) is 29.3 Å². The van der Waals surface area contributed by atoms with Crippen molar-refractivity contribution in [2.75, 3.05) is 39.0 Å². The lowest BCUT2D eigenvalue weighted by molar-refractivity contribution is -0.154. The minimum absolute atomic E-state index is 0.0870. The van der Waals surface area contributed by atoms with Gasteiger partial charge in [0.05, 0.1) is 17.3 Å². The average molecular weight is 553 g/mol. The van der Waals surface area contributed by atoms with Crippen LogP contribution in [0.1, 0.15) is 48.9 Å². The smallest absolute Gasteiger partial charge is 0.255 e. The molecule has 1 saturated heterocycles. The summed E-state index contributed by atoms with van der Waals surface area (Å²) in [7, 11) is 3.72. The lowest BCUT2D eigenvalue weighted by Crippen LogP contribution is -2.66. The fourth-order valence-electron chi connectivity index (χ4n) is 8.11. The van der Waals surface area contributed by atoms with Crippen LogP contribution in [-0.2, 0) is 20.8 Å². The molecule has 1 amide bonds. The molecule has 0 bridgehead atoms. The first-order valence-electron chi connectivity index (χ1n) is 13.9. The number of aliphatic hydroxyl groups is 3. The number of rotatable bonds is 4. The average Bonchev–Trinajstić information content (AvgIpc) is 3.27. The summed E-state index contributed by atoms with van der Waals surface area (Å²) in [6.45, 7) is 3.96. The number of aromatic hydroxyl groups is 1. The van der Waals surface area contributed by atoms with Gasteiger partial charge in [-0.25, -0.2) is 0 Å². The number of carbonyl (C=O) groups excluding carboxylic acids is 3. The van der Waals surface area contributed by atoms with Gasteiger partial charge in [-0.3, -0.25) is 24.2 Å². The fourth-order valence-corrected chi connectivity index (χ4v) is 8.11. The van der Waals surface area contributed by atoms with E-state index in [1.54, 1.807) is 11.9 Å². The Hall–Kier alpha value is -3.41. The Morgan fingerprint density at radius 1 is 1.27 bits per heavy atom. The number of phenolic OH excluding ortho intramolecular Hbond substituents is 1. The fraction of sp³-hybridized carbons (Fsp3) is 0.552. The molecule has 1 saturated carbocycles. The van der Waals surface area contributed by atoms with Gasteiger partial charge in [-0.15, -0.1) is 0 Å². The number of hydrogen-bond acceptors (Lipinski definition) is 10. The second-order valence-electron chi connectivity index (χ2n) is 12.1. The van der Waals surface area contributed by atoms with Crippen molar-refractivity contribution in [2.45, 2.75) is 50.3 Å². The summed E-state index contributed by atoms with van der Waals surface area (Å²) in [5, 5.41) is 49.1. The zero-order chi connectivity index (χ0) is 28.8. The maximum Gasteiger partial charge on any atom is 0.255 e. The number of anilines is 1. The summed E-state index contributed by atoms with van der Waals surface area (Å²) in [4.78, 5) is 43.8. The first-order valence-corrected chi connectivity index (χ1v) is 13.9. The lowest BCUT2D eigenvalue weighted by Gasteiger charge is -2.50. The van der Waals surface area contributed by atoms with Crippen molar-refractivity contribution in [3.63, 3.8) is 0 Å². The molecule has 6 atom stereocenters. The Labute approximate surface area is 231 Å². The molecule has 2 unspecified atom stereocenters. The maximum absolute atomic E-state index is 14.1. The van der Waals surface area contributed by atoms with Gasteiger partial charge in [0, 0.05) is 24.1 Å². The molecule has 2 heterocycles. The van der Waals surface area contributed by atoms with Crippen LogP contribution >= 0.6 is 0 Å². The van der Waals surface area contributed by atoms with Gasteiger partial charge < -0.3 is 31.5 Å². The number of primary amides is 1. The van der Waals surface area contributed by atoms with Gasteiger partial charge in [0.2, 0.25) is 5.78 Å². The number of carbonyl (C=O) groups is 3. The highest BCUT2D eigenvalue weighted by atomic mass is 16.3. The number of fused-ring (bicyclic) bond motifs is 6. The van der Waals surface area contributed by atoms with Crippen LogP contribution in [0.5, 0.6) is 5.75 Å². The Morgan fingerprint density at radius 3 is 2.67 bits per heavy atom. The van der Waals surface area contributed by atoms with Gasteiger partial charge >= 0.3 is 0 Å². The zero-order valence-corrected chi connectivity index (χ0v) is 22.9. The molecule has 11 heteroatoms. The number of likely N-dealkylation sites (N-methyl/N-ethyl adjacent to an activating group) is 1. The van der Waals surface area contributed by atoms with Crippen molar-refractivity contribution in [1.29, 1.82) is 0 Å². The molecule has 214 valence electrons. The van der Waals surface area contributed by atoms with Crippen molar-refractivity contribution < 1.29 is 34.8 Å². The summed E-state index contributed by atoms with van der Waals surface area (Å²) >= 11 is 0. The third kappa shape index (κ3) is 3.37. The molecule has 0 spiro atoms. The molecule has 0 radical (unpaired) electrons. The van der Waals surface area contributed by atoms with Crippen molar-refractivity contribution >= 4 is 28.9 Å². The van der Waals surface area contributed by atoms with Crippen molar-refractivity contribution in [2.24, 2.45) is 23.5 Å². The molecule has 11 nitrogen and oxygen atoms in total. The van der Waals surface area contributed by atoms with Gasteiger partial charge in [-0.2, -0.15) is 0 Å². The quantitative estimate of drug-likeness (QED) is 0.235. The number of nitrogens with one attached hydrogen (secondary N) is 1. The van der Waals surface area contributed by atoms with E-state index in [9.17, 15) is 34.8 Å². The summed E-state index contributed by atoms with van der Waals surface area (Å²) in [6, 6.07) is 1.03. The van der Waals surface area contributed by atoms with E-state index in [0.29, 0.717) is 43.1 Å². The number of nitrogens with two attached hydrogens (primary N) is 1. The number of phenols is 1. The first-order chi connectivity index (χ1) is 18.9. The number of hydrogen-bond donors (Lipinski definition) is 6. The van der Waals surface area contributed by atoms with E-state index >= 15 is 0 Å². The normalized spacial score (nSPS) is 33.3. The molecule has 7 N–H and O–H groups in total. The second-order valence-corrected chi connectivity index (χ2v) is 12.1. The topological polar surface area (TPSA) is 177 Å². The molecule has 40 heavy (non-hydrogen) atoms. The number of likely N-dealkylation sites (tertiary alicyclic amines) is 1. The molecule has 2 aliphatic heterocycles. The molecule has 1 aromatic rings. The van der Waals surface area contributed by atoms with Crippen molar-refractivity contribution in [3.05, 3.63) is 39.7 Å². The van der Waals surface area contributed by atoms with Crippen LogP contribution < -0.4 is 11.1 Å². The number of benzene rings is 1. The minimum atomic E-state index is -2.63. The van der Waals surface area contributed by atoms with Crippen LogP contribution in [-0.4, -0.2) is 93.1 Å². The van der Waals surface area contributed by atoms with Crippen molar-refractivity contribution in [3.8, 4) is 5.75 Å². The van der Waals surface area contributed by atoms with E-state index in [0.717, 1.165) is 18.5 Å². The van der Waals surface area contributed by atoms with Gasteiger partial charge in [-0.05, 0) is 75.8 Å². The summed E-state index contributed by atoms with van der Waals surface area (Å²) in [6.07, 6.45) is 2.08. The van der Waals surface area contributed by atoms with Crippen LogP contribution in [0.3, 0.4) is 0 Å². The first kappa shape index (κ1) is 26.8. The Morgan fingerprint density at radius 2 is 2.00 bits per heavy atom. The van der Waals surface area contributed by atoms with Gasteiger partial charge in [0.15, 0.2) is 11.4 Å². The van der Waals surface area contributed by atoms with Gasteiger partial charge in [0.25, 0.3) is 5.91 Å². The number of nitrogens with zero attached hydrogens (tertiary/aromatic N) is 2. The van der Waals surface area contributed by atoms with Crippen molar-refractivity contribution in [1.82, 2.24) is 9.80 Å². The van der Waals surface area contributed by atoms with Crippen LogP contribution in [0.4, 0.5) is 5.69 Å². The predicted molar refractivity (Wildman–Crippen MR) is 145 cm³/mol. The summed E-state index contributed by atoms with van der Waals surface area (Å²) < 4.78 is 0. The lowest BCUT2D eigenvalue weighted by atomic mass is 9.57. The van der Waals surface area contributed by atoms with Gasteiger partial charge in [-0.1, -0.05) is 13.0 Å². The Kier molecular flexibility index (Phi) is 6.06. The molecule has 1 aromatic carbocycles. The summed E-state index contributed by atoms with van der Waals surface area (Å²) in [5.74, 6) is -5.92. The summed E-state index contributed by atoms with van der Waals surface area (Å²) in [5.41, 5.74) is 4.14. The van der Waals surface area contributed by atoms with Crippen LogP contribution in [0.2, 0.25) is 0 Å². The molecular formula is C29H36N4O7. The molecule has 5 aliphatic rings. The molecule has 0 aromatic heterocycles. The van der Waals surface area contributed by atoms with Crippen LogP contribution in [0.15, 0.2) is 23.0 Å². The van der Waals surface area contributed by atoms with E-state index in [2.05, 4.69) is 17.3 Å². The molecule has 6 rings (SSSR count). The maximum atomic E-state index is 14.1. The molecule has 3 aliphatic carbocycles. The minimum Gasteiger partial charge on any atom is -0.508 e. The molecular weight excluding hydrogens is 516 g/mol. The van der Waals surface area contributed by atoms with Crippen LogP contribution in [0.25, 0.3) is 5.76 Å². The Bertz CT molecular complexity index is 1420. The number of aliphatic hydroxyl groups excluding tert-OH is 2. The van der Waals surface area contributed by atoms with E-state index in [1.807, 2.05) is 13.0 Å². The second kappa shape index (κ2) is 9.05. The number of ketones is 2. The van der Waals surface area contributed by atoms with E-state index in [1.165, 1.54) is 0 Å². The highest BCUT2D eigenvalue weighted by Crippen LogP contribution is 2.55.